The van der Waals surface area contributed by atoms with Crippen LogP contribution < -0.4 is 5.32 Å². The van der Waals surface area contributed by atoms with Crippen molar-refractivity contribution in [2.24, 2.45) is 0 Å². The summed E-state index contributed by atoms with van der Waals surface area (Å²) in [5, 5.41) is 4.32. The fourth-order valence-corrected chi connectivity index (χ4v) is 3.72. The molecule has 0 aromatic carbocycles. The van der Waals surface area contributed by atoms with Gasteiger partial charge in [-0.3, -0.25) is 0 Å². The lowest BCUT2D eigenvalue weighted by molar-refractivity contribution is 0.0605. The number of esters is 1. The van der Waals surface area contributed by atoms with Crippen molar-refractivity contribution in [3.8, 4) is 0 Å². The minimum absolute atomic E-state index is 0.167. The Morgan fingerprint density at radius 1 is 1.35 bits per heavy atom. The van der Waals surface area contributed by atoms with Crippen molar-refractivity contribution >= 4 is 44.9 Å². The maximum Gasteiger partial charge on any atom is 0.348 e. The number of hydrogen-bond acceptors (Lipinski definition) is 7. The third-order valence-electron chi connectivity index (χ3n) is 3.75. The molecule has 0 fully saturated rings. The van der Waals surface area contributed by atoms with E-state index in [1.165, 1.54) is 18.4 Å². The van der Waals surface area contributed by atoms with E-state index in [2.05, 4.69) is 34.0 Å². The summed E-state index contributed by atoms with van der Waals surface area (Å²) in [6.07, 6.45) is 0. The second-order valence-electron chi connectivity index (χ2n) is 5.02. The third-order valence-corrected chi connectivity index (χ3v) is 5.08. The van der Waals surface area contributed by atoms with E-state index in [1.54, 1.807) is 0 Å². The van der Waals surface area contributed by atoms with Crippen LogP contribution in [0.3, 0.4) is 0 Å². The molecule has 0 aliphatic carbocycles. The van der Waals surface area contributed by atoms with Crippen molar-refractivity contribution in [2.75, 3.05) is 38.6 Å². The molecule has 0 saturated heterocycles. The molecule has 2 rings (SSSR count). The van der Waals surface area contributed by atoms with Crippen molar-refractivity contribution in [3.63, 3.8) is 0 Å². The maximum absolute atomic E-state index is 11.9. The highest BCUT2D eigenvalue weighted by atomic mass is 35.5. The van der Waals surface area contributed by atoms with Gasteiger partial charge in [0.25, 0.3) is 0 Å². The number of rotatable bonds is 7. The van der Waals surface area contributed by atoms with Crippen LogP contribution in [0.1, 0.15) is 29.1 Å². The van der Waals surface area contributed by atoms with Crippen LogP contribution in [0.5, 0.6) is 0 Å². The summed E-state index contributed by atoms with van der Waals surface area (Å²) in [7, 11) is 1.37. The number of nitrogens with zero attached hydrogens (tertiary/aromatic N) is 3. The van der Waals surface area contributed by atoms with Crippen molar-refractivity contribution in [2.45, 2.75) is 20.8 Å². The molecular weight excluding hydrogens is 336 g/mol. The van der Waals surface area contributed by atoms with Gasteiger partial charge in [-0.25, -0.2) is 14.8 Å². The standard InChI is InChI=1S/C15H21ClN4O2S/c1-5-20(6-2)8-7-17-12-10-9(3)11(14(21)22-4)23-13(10)19-15(16)18-12/h5-8H2,1-4H3,(H,17,18,19). The maximum atomic E-state index is 11.9. The van der Waals surface area contributed by atoms with Crippen LogP contribution in [0.2, 0.25) is 5.28 Å². The minimum Gasteiger partial charge on any atom is -0.465 e. The number of methoxy groups -OCH3 is 1. The topological polar surface area (TPSA) is 67.3 Å². The Morgan fingerprint density at radius 2 is 2.04 bits per heavy atom. The summed E-state index contributed by atoms with van der Waals surface area (Å²) in [6.45, 7) is 9.79. The van der Waals surface area contributed by atoms with Crippen LogP contribution >= 0.6 is 22.9 Å². The second kappa shape index (κ2) is 7.90. The Bertz CT molecular complexity index is 700. The number of hydrogen-bond donors (Lipinski definition) is 1. The molecule has 0 aliphatic rings. The first kappa shape index (κ1) is 17.9. The van der Waals surface area contributed by atoms with Crippen LogP contribution in [0, 0.1) is 6.92 Å². The number of nitrogens with one attached hydrogen (secondary N) is 1. The van der Waals surface area contributed by atoms with Gasteiger partial charge >= 0.3 is 5.97 Å². The highest BCUT2D eigenvalue weighted by molar-refractivity contribution is 7.20. The first-order chi connectivity index (χ1) is 11.0. The summed E-state index contributed by atoms with van der Waals surface area (Å²) >= 11 is 7.29. The molecule has 2 heterocycles. The Labute approximate surface area is 144 Å². The largest absolute Gasteiger partial charge is 0.465 e. The Balaban J connectivity index is 2.31. The number of aromatic nitrogens is 2. The molecule has 8 heteroatoms. The van der Waals surface area contributed by atoms with E-state index in [1.807, 2.05) is 6.92 Å². The van der Waals surface area contributed by atoms with E-state index in [-0.39, 0.29) is 11.3 Å². The molecule has 0 aliphatic heterocycles. The van der Waals surface area contributed by atoms with Crippen molar-refractivity contribution in [3.05, 3.63) is 15.7 Å². The molecular formula is C15H21ClN4O2S. The molecule has 126 valence electrons. The number of thiophene rings is 1. The number of halogens is 1. The van der Waals surface area contributed by atoms with Gasteiger partial charge in [-0.05, 0) is 37.2 Å². The highest BCUT2D eigenvalue weighted by Gasteiger charge is 2.20. The van der Waals surface area contributed by atoms with Crippen LogP contribution in [0.25, 0.3) is 10.2 Å². The van der Waals surface area contributed by atoms with Gasteiger partial charge in [-0.2, -0.15) is 0 Å². The van der Waals surface area contributed by atoms with Crippen LogP contribution in [-0.2, 0) is 4.74 Å². The quantitative estimate of drug-likeness (QED) is 0.607. The zero-order chi connectivity index (χ0) is 17.0. The Morgan fingerprint density at radius 3 is 2.65 bits per heavy atom. The Kier molecular flexibility index (Phi) is 6.15. The first-order valence-corrected chi connectivity index (χ1v) is 8.72. The molecule has 2 aromatic rings. The summed E-state index contributed by atoms with van der Waals surface area (Å²) in [5.41, 5.74) is 0.818. The zero-order valence-electron chi connectivity index (χ0n) is 13.8. The van der Waals surface area contributed by atoms with E-state index in [4.69, 9.17) is 16.3 Å². The number of carbonyl (C=O) groups is 1. The molecule has 0 saturated carbocycles. The van der Waals surface area contributed by atoms with Gasteiger partial charge in [0.05, 0.1) is 12.5 Å². The van der Waals surface area contributed by atoms with E-state index < -0.39 is 0 Å². The predicted octanol–water partition coefficient (Wildman–Crippen LogP) is 3.19. The number of aryl methyl sites for hydroxylation is 1. The number of anilines is 1. The van der Waals surface area contributed by atoms with E-state index in [9.17, 15) is 4.79 Å². The zero-order valence-corrected chi connectivity index (χ0v) is 15.3. The molecule has 23 heavy (non-hydrogen) atoms. The molecule has 0 atom stereocenters. The smallest absolute Gasteiger partial charge is 0.348 e. The SMILES string of the molecule is CCN(CC)CCNc1nc(Cl)nc2sc(C(=O)OC)c(C)c12. The Hall–Kier alpha value is -1.44. The van der Waals surface area contributed by atoms with Gasteiger partial charge in [0.15, 0.2) is 0 Å². The van der Waals surface area contributed by atoms with Crippen LogP contribution in [-0.4, -0.2) is 54.1 Å². The average Bonchev–Trinajstić information content (AvgIpc) is 2.87. The van der Waals surface area contributed by atoms with E-state index >= 15 is 0 Å². The molecule has 0 amide bonds. The lowest BCUT2D eigenvalue weighted by atomic mass is 10.2. The van der Waals surface area contributed by atoms with Crippen molar-refractivity contribution in [1.29, 1.82) is 0 Å². The number of carbonyl (C=O) groups excluding carboxylic acids is 1. The minimum atomic E-state index is -0.365. The molecule has 0 radical (unpaired) electrons. The van der Waals surface area contributed by atoms with E-state index in [0.29, 0.717) is 15.5 Å². The lowest BCUT2D eigenvalue weighted by Gasteiger charge is -2.18. The summed E-state index contributed by atoms with van der Waals surface area (Å²) in [4.78, 5) is 23.9. The normalized spacial score (nSPS) is 11.2. The third kappa shape index (κ3) is 3.91. The van der Waals surface area contributed by atoms with Gasteiger partial charge in [0, 0.05) is 13.1 Å². The van der Waals surface area contributed by atoms with Gasteiger partial charge < -0.3 is 15.0 Å². The fourth-order valence-electron chi connectivity index (χ4n) is 2.40. The summed E-state index contributed by atoms with van der Waals surface area (Å²) in [6, 6.07) is 0. The second-order valence-corrected chi connectivity index (χ2v) is 6.36. The van der Waals surface area contributed by atoms with Crippen molar-refractivity contribution in [1.82, 2.24) is 14.9 Å². The fraction of sp³-hybridized carbons (Fsp3) is 0.533. The highest BCUT2D eigenvalue weighted by Crippen LogP contribution is 2.34. The predicted molar refractivity (Wildman–Crippen MR) is 94.8 cm³/mol. The first-order valence-electron chi connectivity index (χ1n) is 7.52. The van der Waals surface area contributed by atoms with Gasteiger partial charge in [-0.1, -0.05) is 13.8 Å². The number of fused-ring (bicyclic) bond motifs is 1. The molecule has 0 spiro atoms. The molecule has 1 N–H and O–H groups in total. The summed E-state index contributed by atoms with van der Waals surface area (Å²) in [5.74, 6) is 0.298. The van der Waals surface area contributed by atoms with Gasteiger partial charge in [0.2, 0.25) is 5.28 Å². The molecule has 6 nitrogen and oxygen atoms in total. The lowest BCUT2D eigenvalue weighted by Crippen LogP contribution is -2.28. The van der Waals surface area contributed by atoms with E-state index in [0.717, 1.165) is 37.1 Å². The summed E-state index contributed by atoms with van der Waals surface area (Å²) < 4.78 is 4.82. The monoisotopic (exact) mass is 356 g/mol. The van der Waals surface area contributed by atoms with Gasteiger partial charge in [-0.15, -0.1) is 11.3 Å². The number of likely N-dealkylation sites (N-methyl/N-ethyl adjacent to an activating group) is 1. The molecule has 0 unspecified atom stereocenters. The number of ether oxygens (including phenoxy) is 1. The average molecular weight is 357 g/mol. The van der Waals surface area contributed by atoms with Crippen molar-refractivity contribution < 1.29 is 9.53 Å². The van der Waals surface area contributed by atoms with Crippen LogP contribution in [0.4, 0.5) is 5.82 Å². The molecule has 2 aromatic heterocycles. The van der Waals surface area contributed by atoms with Crippen LogP contribution in [0.15, 0.2) is 0 Å². The molecule has 0 bridgehead atoms. The van der Waals surface area contributed by atoms with Gasteiger partial charge in [0.1, 0.15) is 15.5 Å².